The van der Waals surface area contributed by atoms with Crippen molar-refractivity contribution < 1.29 is 9.90 Å². The zero-order chi connectivity index (χ0) is 14.5. The average Bonchev–Trinajstić information content (AvgIpc) is 2.43. The summed E-state index contributed by atoms with van der Waals surface area (Å²) in [7, 11) is 0. The minimum absolute atomic E-state index is 0.0315. The predicted octanol–water partition coefficient (Wildman–Crippen LogP) is 4.79. The molecule has 4 heteroatoms. The van der Waals surface area contributed by atoms with Crippen molar-refractivity contribution in [1.82, 2.24) is 0 Å². The molecular weight excluding hydrogens is 336 g/mol. The van der Waals surface area contributed by atoms with Crippen LogP contribution in [0.3, 0.4) is 0 Å². The van der Waals surface area contributed by atoms with Gasteiger partial charge in [-0.3, -0.25) is 4.79 Å². The van der Waals surface area contributed by atoms with Gasteiger partial charge >= 0.3 is 5.97 Å². The van der Waals surface area contributed by atoms with Crippen LogP contribution in [-0.2, 0) is 17.6 Å². The first-order valence-corrected chi connectivity index (χ1v) is 7.96. The second-order valence-electron chi connectivity index (χ2n) is 4.42. The van der Waals surface area contributed by atoms with E-state index in [0.29, 0.717) is 0 Å². The Morgan fingerprint density at radius 3 is 2.40 bits per heavy atom. The molecule has 20 heavy (non-hydrogen) atoms. The van der Waals surface area contributed by atoms with Gasteiger partial charge in [0.05, 0.1) is 6.42 Å². The van der Waals surface area contributed by atoms with E-state index in [1.807, 2.05) is 18.2 Å². The second-order valence-corrected chi connectivity index (χ2v) is 6.42. The number of carboxylic acid groups (broad SMARTS) is 1. The van der Waals surface area contributed by atoms with E-state index in [2.05, 4.69) is 47.1 Å². The highest BCUT2D eigenvalue weighted by Gasteiger charge is 2.07. The van der Waals surface area contributed by atoms with Crippen LogP contribution in [0.25, 0.3) is 0 Å². The number of hydrogen-bond acceptors (Lipinski definition) is 2. The van der Waals surface area contributed by atoms with Crippen LogP contribution >= 0.6 is 27.7 Å². The minimum Gasteiger partial charge on any atom is -0.481 e. The van der Waals surface area contributed by atoms with Crippen molar-refractivity contribution >= 4 is 33.7 Å². The van der Waals surface area contributed by atoms with E-state index in [4.69, 9.17) is 5.11 Å². The number of rotatable bonds is 5. The molecule has 0 fully saturated rings. The Labute approximate surface area is 131 Å². The Kier molecular flexibility index (Phi) is 5.26. The summed E-state index contributed by atoms with van der Waals surface area (Å²) < 4.78 is 0.839. The van der Waals surface area contributed by atoms with Crippen molar-refractivity contribution in [3.8, 4) is 0 Å². The van der Waals surface area contributed by atoms with Crippen molar-refractivity contribution in [2.75, 3.05) is 0 Å². The molecule has 2 aromatic rings. The zero-order valence-corrected chi connectivity index (χ0v) is 13.5. The molecule has 2 aromatic carbocycles. The van der Waals surface area contributed by atoms with Crippen LogP contribution in [0.5, 0.6) is 0 Å². The highest BCUT2D eigenvalue weighted by molar-refractivity contribution is 9.10. The molecule has 0 aliphatic heterocycles. The molecule has 104 valence electrons. The third-order valence-corrected chi connectivity index (χ3v) is 4.70. The Morgan fingerprint density at radius 2 is 1.80 bits per heavy atom. The van der Waals surface area contributed by atoms with Crippen molar-refractivity contribution in [3.63, 3.8) is 0 Å². The Morgan fingerprint density at radius 1 is 1.15 bits per heavy atom. The lowest BCUT2D eigenvalue weighted by Crippen LogP contribution is -2.00. The van der Waals surface area contributed by atoms with Crippen LogP contribution in [0.15, 0.2) is 56.7 Å². The van der Waals surface area contributed by atoms with E-state index in [1.165, 1.54) is 5.56 Å². The SMILES string of the molecule is CCc1ccc(Sc2ccc(Br)c(CC(=O)O)c2)cc1. The van der Waals surface area contributed by atoms with E-state index in [9.17, 15) is 4.79 Å². The molecule has 0 atom stereocenters. The van der Waals surface area contributed by atoms with Gasteiger partial charge < -0.3 is 5.11 Å². The maximum atomic E-state index is 10.8. The van der Waals surface area contributed by atoms with Gasteiger partial charge in [-0.15, -0.1) is 0 Å². The Hall–Kier alpha value is -1.26. The molecule has 0 bridgehead atoms. The quantitative estimate of drug-likeness (QED) is 0.842. The molecule has 0 saturated heterocycles. The summed E-state index contributed by atoms with van der Waals surface area (Å²) in [5.74, 6) is -0.819. The number of aliphatic carboxylic acids is 1. The average molecular weight is 351 g/mol. The molecule has 0 spiro atoms. The fraction of sp³-hybridized carbons (Fsp3) is 0.188. The molecule has 0 amide bonds. The van der Waals surface area contributed by atoms with Gasteiger partial charge in [-0.1, -0.05) is 46.7 Å². The van der Waals surface area contributed by atoms with Crippen LogP contribution in [0.1, 0.15) is 18.1 Å². The Bertz CT molecular complexity index is 608. The summed E-state index contributed by atoms with van der Waals surface area (Å²) in [5.41, 5.74) is 2.12. The second kappa shape index (κ2) is 6.95. The standard InChI is InChI=1S/C16H15BrO2S/c1-2-11-3-5-13(6-4-11)20-14-7-8-15(17)12(9-14)10-16(18)19/h3-9H,2,10H2,1H3,(H,18,19). The van der Waals surface area contributed by atoms with Gasteiger partial charge in [0, 0.05) is 14.3 Å². The first-order valence-electron chi connectivity index (χ1n) is 6.35. The van der Waals surface area contributed by atoms with Gasteiger partial charge in [0.2, 0.25) is 0 Å². The van der Waals surface area contributed by atoms with Crippen LogP contribution in [-0.4, -0.2) is 11.1 Å². The third-order valence-electron chi connectivity index (χ3n) is 2.93. The molecule has 1 N–H and O–H groups in total. The van der Waals surface area contributed by atoms with Crippen molar-refractivity contribution in [2.45, 2.75) is 29.6 Å². The minimum atomic E-state index is -0.819. The predicted molar refractivity (Wildman–Crippen MR) is 85.4 cm³/mol. The molecule has 0 heterocycles. The highest BCUT2D eigenvalue weighted by Crippen LogP contribution is 2.31. The highest BCUT2D eigenvalue weighted by atomic mass is 79.9. The summed E-state index contributed by atoms with van der Waals surface area (Å²) in [6.07, 6.45) is 1.07. The summed E-state index contributed by atoms with van der Waals surface area (Å²) in [6.45, 7) is 2.13. The zero-order valence-electron chi connectivity index (χ0n) is 11.1. The fourth-order valence-electron chi connectivity index (χ4n) is 1.84. The molecule has 0 aliphatic rings. The number of carboxylic acids is 1. The summed E-state index contributed by atoms with van der Waals surface area (Å²) in [5, 5.41) is 8.90. The molecule has 0 radical (unpaired) electrons. The van der Waals surface area contributed by atoms with Crippen molar-refractivity contribution in [1.29, 1.82) is 0 Å². The number of aryl methyl sites for hydroxylation is 1. The summed E-state index contributed by atoms with van der Waals surface area (Å²) >= 11 is 5.03. The van der Waals surface area contributed by atoms with Gasteiger partial charge in [0.1, 0.15) is 0 Å². The summed E-state index contributed by atoms with van der Waals surface area (Å²) in [4.78, 5) is 13.0. The van der Waals surface area contributed by atoms with Gasteiger partial charge in [0.25, 0.3) is 0 Å². The van der Waals surface area contributed by atoms with Crippen LogP contribution < -0.4 is 0 Å². The van der Waals surface area contributed by atoms with Crippen molar-refractivity contribution in [3.05, 3.63) is 58.1 Å². The first-order chi connectivity index (χ1) is 9.58. The fourth-order valence-corrected chi connectivity index (χ4v) is 3.11. The van der Waals surface area contributed by atoms with E-state index in [-0.39, 0.29) is 6.42 Å². The third kappa shape index (κ3) is 4.12. The van der Waals surface area contributed by atoms with Crippen molar-refractivity contribution in [2.24, 2.45) is 0 Å². The molecule has 0 saturated carbocycles. The molecule has 0 aromatic heterocycles. The topological polar surface area (TPSA) is 37.3 Å². The molecular formula is C16H15BrO2S. The first kappa shape index (κ1) is 15.1. The molecule has 0 unspecified atom stereocenters. The van der Waals surface area contributed by atoms with Crippen LogP contribution in [0.2, 0.25) is 0 Å². The van der Waals surface area contributed by atoms with Gasteiger partial charge in [-0.2, -0.15) is 0 Å². The van der Waals surface area contributed by atoms with Gasteiger partial charge in [-0.05, 0) is 47.9 Å². The van der Waals surface area contributed by atoms with Gasteiger partial charge in [0.15, 0.2) is 0 Å². The largest absolute Gasteiger partial charge is 0.481 e. The van der Waals surface area contributed by atoms with E-state index in [1.54, 1.807) is 11.8 Å². The van der Waals surface area contributed by atoms with Crippen LogP contribution in [0, 0.1) is 0 Å². The van der Waals surface area contributed by atoms with E-state index in [0.717, 1.165) is 26.2 Å². The maximum Gasteiger partial charge on any atom is 0.307 e. The number of halogens is 1. The molecule has 2 rings (SSSR count). The lowest BCUT2D eigenvalue weighted by molar-refractivity contribution is -0.136. The smallest absolute Gasteiger partial charge is 0.307 e. The Balaban J connectivity index is 2.18. The lowest BCUT2D eigenvalue weighted by Gasteiger charge is -2.07. The number of benzene rings is 2. The van der Waals surface area contributed by atoms with Crippen LogP contribution in [0.4, 0.5) is 0 Å². The molecule has 0 aliphatic carbocycles. The monoisotopic (exact) mass is 350 g/mol. The normalized spacial score (nSPS) is 10.5. The molecule has 2 nitrogen and oxygen atoms in total. The van der Waals surface area contributed by atoms with Gasteiger partial charge in [-0.25, -0.2) is 0 Å². The van der Waals surface area contributed by atoms with E-state index < -0.39 is 5.97 Å². The van der Waals surface area contributed by atoms with E-state index >= 15 is 0 Å². The number of carbonyl (C=O) groups is 1. The lowest BCUT2D eigenvalue weighted by atomic mass is 10.1. The maximum absolute atomic E-state index is 10.8. The summed E-state index contributed by atoms with van der Waals surface area (Å²) in [6, 6.07) is 14.3. The number of hydrogen-bond donors (Lipinski definition) is 1.